The lowest BCUT2D eigenvalue weighted by Crippen LogP contribution is -2.45. The van der Waals surface area contributed by atoms with Gasteiger partial charge in [-0.3, -0.25) is 9.78 Å². The first kappa shape index (κ1) is 26.7. The number of fused-ring (bicyclic) bond motifs is 1. The fourth-order valence-electron chi connectivity index (χ4n) is 4.48. The van der Waals surface area contributed by atoms with Gasteiger partial charge in [-0.05, 0) is 43.4 Å². The third kappa shape index (κ3) is 5.19. The van der Waals surface area contributed by atoms with Gasteiger partial charge in [-0.1, -0.05) is 29.8 Å². The van der Waals surface area contributed by atoms with Gasteiger partial charge in [-0.15, -0.1) is 11.3 Å². The number of aliphatic hydroxyl groups is 1. The Hall–Kier alpha value is -2.36. The highest BCUT2D eigenvalue weighted by Crippen LogP contribution is 2.49. The van der Waals surface area contributed by atoms with Gasteiger partial charge in [-0.2, -0.15) is 0 Å². The fraction of sp³-hybridized carbons (Fsp3) is 0.385. The molecule has 0 radical (unpaired) electrons. The van der Waals surface area contributed by atoms with Crippen molar-refractivity contribution in [3.63, 3.8) is 0 Å². The molecule has 4 rings (SSSR count). The van der Waals surface area contributed by atoms with Crippen LogP contribution >= 0.6 is 34.5 Å². The summed E-state index contributed by atoms with van der Waals surface area (Å²) < 4.78 is 17.3. The number of methoxy groups -OCH3 is 2. The number of hydrogen-bond acceptors (Lipinski definition) is 7. The van der Waals surface area contributed by atoms with Crippen molar-refractivity contribution in [2.75, 3.05) is 27.4 Å². The minimum atomic E-state index is -1.52. The van der Waals surface area contributed by atoms with Crippen LogP contribution in [-0.4, -0.2) is 49.5 Å². The van der Waals surface area contributed by atoms with Gasteiger partial charge in [0.1, 0.15) is 17.1 Å². The Morgan fingerprint density at radius 2 is 2.00 bits per heavy atom. The number of ether oxygens (including phenoxy) is 3. The summed E-state index contributed by atoms with van der Waals surface area (Å²) in [6.07, 6.45) is 4.46. The van der Waals surface area contributed by atoms with Crippen molar-refractivity contribution in [1.82, 2.24) is 10.3 Å². The van der Waals surface area contributed by atoms with E-state index in [0.29, 0.717) is 41.6 Å². The number of carbonyl (C=O) groups excluding carboxylic acids is 1. The van der Waals surface area contributed by atoms with E-state index in [9.17, 15) is 9.90 Å². The summed E-state index contributed by atoms with van der Waals surface area (Å²) in [4.78, 5) is 17.1. The predicted molar refractivity (Wildman–Crippen MR) is 143 cm³/mol. The second-order valence-corrected chi connectivity index (χ2v) is 10.7. The quantitative estimate of drug-likeness (QED) is 0.378. The molecule has 3 aromatic rings. The predicted octanol–water partition coefficient (Wildman–Crippen LogP) is 5.13. The number of rotatable bonds is 8. The zero-order valence-corrected chi connectivity index (χ0v) is 22.6. The van der Waals surface area contributed by atoms with E-state index in [1.165, 1.54) is 31.6 Å². The van der Waals surface area contributed by atoms with Crippen molar-refractivity contribution < 1.29 is 24.1 Å². The summed E-state index contributed by atoms with van der Waals surface area (Å²) in [6, 6.07) is 5.50. The molecular weight excluding hydrogens is 523 g/mol. The molecule has 1 saturated heterocycles. The largest absolute Gasteiger partial charge is 0.495 e. The summed E-state index contributed by atoms with van der Waals surface area (Å²) in [5.41, 5.74) is -0.335. The molecule has 1 aliphatic heterocycles. The Morgan fingerprint density at radius 1 is 1.31 bits per heavy atom. The van der Waals surface area contributed by atoms with E-state index in [1.54, 1.807) is 19.2 Å². The number of halogens is 2. The zero-order chi connectivity index (χ0) is 26.0. The summed E-state index contributed by atoms with van der Waals surface area (Å²) in [5.74, 6) is 0.610. The van der Waals surface area contributed by atoms with Gasteiger partial charge in [0.05, 0.1) is 35.6 Å². The number of carbonyl (C=O) groups is 1. The highest BCUT2D eigenvalue weighted by atomic mass is 35.5. The summed E-state index contributed by atoms with van der Waals surface area (Å²) >= 11 is 14.6. The van der Waals surface area contributed by atoms with Crippen LogP contribution in [0.1, 0.15) is 29.5 Å². The minimum absolute atomic E-state index is 0.00663. The van der Waals surface area contributed by atoms with Gasteiger partial charge in [0.25, 0.3) is 0 Å². The van der Waals surface area contributed by atoms with E-state index in [0.717, 1.165) is 22.2 Å². The molecule has 1 fully saturated rings. The maximum absolute atomic E-state index is 11.9. The standard InChI is InChI=1S/C26H28Cl2N2O5S/c1-5-22(31)30-17-6-7-35-13-15(17)9-16-8-14-10-21(36-20(14)12-29-16)26(2,32)23-24(27)18(33-3)11-19(34-4)25(23)28/h5,8,10-12,15,17,32H,1,6-7,9,13H2,2-4H3,(H,30,31). The number of aromatic nitrogens is 1. The van der Waals surface area contributed by atoms with E-state index in [1.807, 2.05) is 12.1 Å². The first-order valence-electron chi connectivity index (χ1n) is 11.4. The van der Waals surface area contributed by atoms with Crippen molar-refractivity contribution in [3.8, 4) is 11.5 Å². The van der Waals surface area contributed by atoms with Crippen molar-refractivity contribution in [3.05, 3.63) is 63.2 Å². The zero-order valence-electron chi connectivity index (χ0n) is 20.3. The highest BCUT2D eigenvalue weighted by Gasteiger charge is 2.36. The normalized spacial score (nSPS) is 19.5. The fourth-order valence-corrected chi connectivity index (χ4v) is 6.41. The van der Waals surface area contributed by atoms with Gasteiger partial charge in [0, 0.05) is 47.0 Å². The molecule has 2 N–H and O–H groups in total. The molecular formula is C26H28Cl2N2O5S. The molecule has 2 aromatic heterocycles. The molecule has 1 aromatic carbocycles. The van der Waals surface area contributed by atoms with Gasteiger partial charge in [0.15, 0.2) is 0 Å². The molecule has 0 spiro atoms. The van der Waals surface area contributed by atoms with Crippen molar-refractivity contribution in [2.24, 2.45) is 5.92 Å². The van der Waals surface area contributed by atoms with E-state index < -0.39 is 5.60 Å². The molecule has 10 heteroatoms. The Labute approximate surface area is 224 Å². The maximum Gasteiger partial charge on any atom is 0.243 e. The average molecular weight is 551 g/mol. The van der Waals surface area contributed by atoms with Crippen LogP contribution in [0.4, 0.5) is 0 Å². The SMILES string of the molecule is C=CC(=O)NC1CCOCC1Cc1cc2cc(C(C)(O)c3c(Cl)c(OC)cc(OC)c3Cl)sc2cn1. The number of amides is 1. The van der Waals surface area contributed by atoms with Crippen LogP contribution < -0.4 is 14.8 Å². The molecule has 1 aliphatic rings. The maximum atomic E-state index is 11.9. The van der Waals surface area contributed by atoms with Crippen LogP contribution in [0, 0.1) is 5.92 Å². The van der Waals surface area contributed by atoms with E-state index in [2.05, 4.69) is 16.9 Å². The van der Waals surface area contributed by atoms with Gasteiger partial charge in [0.2, 0.25) is 5.91 Å². The molecule has 7 nitrogen and oxygen atoms in total. The van der Waals surface area contributed by atoms with Crippen molar-refractivity contribution in [1.29, 1.82) is 0 Å². The second-order valence-electron chi connectivity index (χ2n) is 8.83. The van der Waals surface area contributed by atoms with Crippen LogP contribution in [0.2, 0.25) is 10.0 Å². The molecule has 192 valence electrons. The lowest BCUT2D eigenvalue weighted by molar-refractivity contribution is -0.118. The molecule has 3 atom stereocenters. The third-order valence-corrected chi connectivity index (χ3v) is 8.51. The second kappa shape index (κ2) is 10.9. The first-order valence-corrected chi connectivity index (χ1v) is 13.0. The van der Waals surface area contributed by atoms with Crippen molar-refractivity contribution in [2.45, 2.75) is 31.4 Å². The molecule has 3 unspecified atom stereocenters. The molecule has 3 heterocycles. The third-order valence-electron chi connectivity index (χ3n) is 6.46. The van der Waals surface area contributed by atoms with E-state index in [4.69, 9.17) is 37.4 Å². The van der Waals surface area contributed by atoms with Crippen LogP contribution in [0.3, 0.4) is 0 Å². The van der Waals surface area contributed by atoms with Gasteiger partial charge < -0.3 is 24.6 Å². The molecule has 0 saturated carbocycles. The average Bonchev–Trinajstić information content (AvgIpc) is 3.30. The highest BCUT2D eigenvalue weighted by molar-refractivity contribution is 7.19. The number of nitrogens with one attached hydrogen (secondary N) is 1. The van der Waals surface area contributed by atoms with Crippen LogP contribution in [-0.2, 0) is 21.6 Å². The Kier molecular flexibility index (Phi) is 8.12. The number of pyridine rings is 1. The van der Waals surface area contributed by atoms with Crippen LogP contribution in [0.25, 0.3) is 10.1 Å². The van der Waals surface area contributed by atoms with Crippen LogP contribution in [0.15, 0.2) is 37.1 Å². The number of benzene rings is 1. The summed E-state index contributed by atoms with van der Waals surface area (Å²) in [6.45, 7) is 6.33. The Balaban J connectivity index is 1.66. The van der Waals surface area contributed by atoms with Crippen molar-refractivity contribution >= 4 is 50.5 Å². The molecule has 0 aliphatic carbocycles. The number of thiophene rings is 1. The lowest BCUT2D eigenvalue weighted by Gasteiger charge is -2.31. The summed E-state index contributed by atoms with van der Waals surface area (Å²) in [5, 5.41) is 16.1. The monoisotopic (exact) mass is 550 g/mol. The Bertz CT molecular complexity index is 1260. The van der Waals surface area contributed by atoms with Crippen LogP contribution in [0.5, 0.6) is 11.5 Å². The number of hydrogen-bond donors (Lipinski definition) is 2. The number of nitrogens with zero attached hydrogens (tertiary/aromatic N) is 1. The van der Waals surface area contributed by atoms with Gasteiger partial charge >= 0.3 is 0 Å². The Morgan fingerprint density at radius 3 is 2.64 bits per heavy atom. The van der Waals surface area contributed by atoms with Gasteiger partial charge in [-0.25, -0.2) is 0 Å². The topological polar surface area (TPSA) is 89.9 Å². The molecule has 0 bridgehead atoms. The molecule has 1 amide bonds. The van der Waals surface area contributed by atoms with E-state index >= 15 is 0 Å². The lowest BCUT2D eigenvalue weighted by atomic mass is 9.90. The smallest absolute Gasteiger partial charge is 0.243 e. The van der Waals surface area contributed by atoms with E-state index in [-0.39, 0.29) is 27.9 Å². The minimum Gasteiger partial charge on any atom is -0.495 e. The first-order chi connectivity index (χ1) is 17.2. The summed E-state index contributed by atoms with van der Waals surface area (Å²) in [7, 11) is 2.98. The molecule has 36 heavy (non-hydrogen) atoms.